The van der Waals surface area contributed by atoms with E-state index in [0.717, 1.165) is 6.07 Å². The van der Waals surface area contributed by atoms with Gasteiger partial charge in [-0.2, -0.15) is 0 Å². The smallest absolute Gasteiger partial charge is 0.293 e. The van der Waals surface area contributed by atoms with E-state index in [1.165, 1.54) is 13.0 Å². The maximum Gasteiger partial charge on any atom is 0.293 e. The summed E-state index contributed by atoms with van der Waals surface area (Å²) in [4.78, 5) is 20.8. The molecule has 0 radical (unpaired) electrons. The maximum absolute atomic E-state index is 11.0. The van der Waals surface area contributed by atoms with Crippen LogP contribution in [0.5, 0.6) is 0 Å². The van der Waals surface area contributed by atoms with Crippen molar-refractivity contribution in [1.82, 2.24) is 0 Å². The van der Waals surface area contributed by atoms with Crippen LogP contribution in [0.15, 0.2) is 12.1 Å². The molecule has 74 valence electrons. The topological polar surface area (TPSA) is 86.2 Å². The number of nitrogen functional groups attached to an aromatic ring is 1. The highest BCUT2D eigenvalue weighted by Gasteiger charge is 2.18. The second kappa shape index (κ2) is 3.63. The number of nitrogens with zero attached hydrogens (tertiary/aromatic N) is 1. The van der Waals surface area contributed by atoms with Gasteiger partial charge >= 0.3 is 0 Å². The molecule has 0 saturated heterocycles. The second-order valence-corrected chi connectivity index (χ2v) is 3.05. The van der Waals surface area contributed by atoms with E-state index in [9.17, 15) is 14.9 Å². The van der Waals surface area contributed by atoms with Gasteiger partial charge in [-0.1, -0.05) is 11.6 Å². The van der Waals surface area contributed by atoms with E-state index < -0.39 is 4.92 Å². The van der Waals surface area contributed by atoms with Crippen molar-refractivity contribution in [3.05, 3.63) is 32.8 Å². The van der Waals surface area contributed by atoms with Crippen LogP contribution in [0, 0.1) is 10.1 Å². The van der Waals surface area contributed by atoms with Gasteiger partial charge in [-0.25, -0.2) is 0 Å². The van der Waals surface area contributed by atoms with Crippen LogP contribution in [0.3, 0.4) is 0 Å². The van der Waals surface area contributed by atoms with Crippen molar-refractivity contribution in [2.45, 2.75) is 6.92 Å². The number of carbonyl (C=O) groups excluding carboxylic acids is 1. The van der Waals surface area contributed by atoms with Gasteiger partial charge in [0, 0.05) is 11.6 Å². The van der Waals surface area contributed by atoms with Crippen molar-refractivity contribution in [2.75, 3.05) is 5.73 Å². The molecule has 0 heterocycles. The van der Waals surface area contributed by atoms with E-state index in [-0.39, 0.29) is 27.7 Å². The minimum atomic E-state index is -0.648. The third-order valence-corrected chi connectivity index (χ3v) is 2.14. The molecule has 0 aliphatic carbocycles. The normalized spacial score (nSPS) is 9.86. The van der Waals surface area contributed by atoms with Gasteiger partial charge in [0.05, 0.1) is 9.95 Å². The van der Waals surface area contributed by atoms with Gasteiger partial charge in [-0.3, -0.25) is 14.9 Å². The number of Topliss-reactive ketones (excluding diaryl/α,β-unsaturated/α-hetero) is 1. The molecule has 0 aromatic heterocycles. The van der Waals surface area contributed by atoms with E-state index in [2.05, 4.69) is 0 Å². The highest BCUT2D eigenvalue weighted by atomic mass is 35.5. The molecule has 6 heteroatoms. The molecule has 2 N–H and O–H groups in total. The van der Waals surface area contributed by atoms with Gasteiger partial charge in [-0.15, -0.1) is 0 Å². The molecule has 0 aliphatic rings. The molecule has 1 rings (SSSR count). The summed E-state index contributed by atoms with van der Waals surface area (Å²) in [7, 11) is 0. The SMILES string of the molecule is CC(=O)c1ccc([N+](=O)[O-])c(N)c1Cl. The molecule has 0 spiro atoms. The van der Waals surface area contributed by atoms with Gasteiger partial charge in [0.15, 0.2) is 5.78 Å². The van der Waals surface area contributed by atoms with Gasteiger partial charge in [0.25, 0.3) is 5.69 Å². The molecule has 0 aliphatic heterocycles. The van der Waals surface area contributed by atoms with Crippen LogP contribution >= 0.6 is 11.6 Å². The van der Waals surface area contributed by atoms with Crippen LogP contribution < -0.4 is 5.73 Å². The highest BCUT2D eigenvalue weighted by Crippen LogP contribution is 2.32. The van der Waals surface area contributed by atoms with E-state index >= 15 is 0 Å². The standard InChI is InChI=1S/C8H7ClN2O3/c1-4(12)5-2-3-6(11(13)14)8(10)7(5)9/h2-3H,10H2,1H3. The maximum atomic E-state index is 11.0. The van der Waals surface area contributed by atoms with E-state index in [4.69, 9.17) is 17.3 Å². The second-order valence-electron chi connectivity index (χ2n) is 2.67. The predicted octanol–water partition coefficient (Wildman–Crippen LogP) is 2.03. The third-order valence-electron chi connectivity index (χ3n) is 1.73. The van der Waals surface area contributed by atoms with Crippen molar-refractivity contribution in [3.63, 3.8) is 0 Å². The van der Waals surface area contributed by atoms with Crippen molar-refractivity contribution >= 4 is 28.8 Å². The molecule has 1 aromatic carbocycles. The number of hydrogen-bond donors (Lipinski definition) is 1. The van der Waals surface area contributed by atoms with Gasteiger partial charge in [0.1, 0.15) is 5.69 Å². The largest absolute Gasteiger partial charge is 0.392 e. The molecule has 5 nitrogen and oxygen atoms in total. The monoisotopic (exact) mass is 214 g/mol. The van der Waals surface area contributed by atoms with E-state index in [1.54, 1.807) is 0 Å². The van der Waals surface area contributed by atoms with Crippen molar-refractivity contribution in [2.24, 2.45) is 0 Å². The minimum Gasteiger partial charge on any atom is -0.392 e. The number of nitro groups is 1. The molecular formula is C8H7ClN2O3. The quantitative estimate of drug-likeness (QED) is 0.353. The lowest BCUT2D eigenvalue weighted by Gasteiger charge is -2.03. The Balaban J connectivity index is 3.41. The van der Waals surface area contributed by atoms with Crippen LogP contribution in [0.1, 0.15) is 17.3 Å². The average molecular weight is 215 g/mol. The Kier molecular flexibility index (Phi) is 2.71. The predicted molar refractivity (Wildman–Crippen MR) is 52.5 cm³/mol. The summed E-state index contributed by atoms with van der Waals surface area (Å²) in [6.07, 6.45) is 0. The number of carbonyl (C=O) groups is 1. The summed E-state index contributed by atoms with van der Waals surface area (Å²) in [5, 5.41) is 10.4. The highest BCUT2D eigenvalue weighted by molar-refractivity contribution is 6.36. The number of rotatable bonds is 2. The molecule has 0 amide bonds. The zero-order chi connectivity index (χ0) is 10.9. The first-order valence-corrected chi connectivity index (χ1v) is 4.06. The number of halogens is 1. The molecule has 0 bridgehead atoms. The Morgan fingerprint density at radius 2 is 2.14 bits per heavy atom. The molecule has 1 aromatic rings. The van der Waals surface area contributed by atoms with Crippen LogP contribution in [-0.4, -0.2) is 10.7 Å². The first-order chi connectivity index (χ1) is 6.45. The number of hydrogen-bond acceptors (Lipinski definition) is 4. The van der Waals surface area contributed by atoms with Crippen molar-refractivity contribution in [3.8, 4) is 0 Å². The number of ketones is 1. The lowest BCUT2D eigenvalue weighted by molar-refractivity contribution is -0.383. The molecule has 14 heavy (non-hydrogen) atoms. The number of nitro benzene ring substituents is 1. The minimum absolute atomic E-state index is 0.0632. The van der Waals surface area contributed by atoms with E-state index in [0.29, 0.717) is 0 Å². The summed E-state index contributed by atoms with van der Waals surface area (Å²) in [6.45, 7) is 1.31. The lowest BCUT2D eigenvalue weighted by atomic mass is 10.1. The fraction of sp³-hybridized carbons (Fsp3) is 0.125. The average Bonchev–Trinajstić information content (AvgIpc) is 2.08. The number of benzene rings is 1. The molecule has 0 atom stereocenters. The van der Waals surface area contributed by atoms with E-state index in [1.807, 2.05) is 0 Å². The molecule has 0 unspecified atom stereocenters. The fourth-order valence-electron chi connectivity index (χ4n) is 1.01. The molecule has 0 fully saturated rings. The van der Waals surface area contributed by atoms with Gasteiger partial charge < -0.3 is 5.73 Å². The number of anilines is 1. The summed E-state index contributed by atoms with van der Waals surface area (Å²) < 4.78 is 0. The Hall–Kier alpha value is -1.62. The molecular weight excluding hydrogens is 208 g/mol. The Bertz CT molecular complexity index is 378. The third kappa shape index (κ3) is 1.67. The van der Waals surface area contributed by atoms with Crippen LogP contribution in [0.4, 0.5) is 11.4 Å². The first-order valence-electron chi connectivity index (χ1n) is 3.68. The molecule has 0 saturated carbocycles. The first kappa shape index (κ1) is 10.5. The summed E-state index contributed by atoms with van der Waals surface area (Å²) >= 11 is 5.69. The summed E-state index contributed by atoms with van der Waals surface area (Å²) in [5.74, 6) is -0.281. The van der Waals surface area contributed by atoms with Crippen LogP contribution in [-0.2, 0) is 0 Å². The van der Waals surface area contributed by atoms with Crippen LogP contribution in [0.2, 0.25) is 5.02 Å². The zero-order valence-corrected chi connectivity index (χ0v) is 8.04. The van der Waals surface area contributed by atoms with Crippen LogP contribution in [0.25, 0.3) is 0 Å². The Morgan fingerprint density at radius 3 is 2.57 bits per heavy atom. The van der Waals surface area contributed by atoms with Gasteiger partial charge in [0.2, 0.25) is 0 Å². The number of nitrogens with two attached hydrogens (primary N) is 1. The van der Waals surface area contributed by atoms with Crippen molar-refractivity contribution in [1.29, 1.82) is 0 Å². The fourth-order valence-corrected chi connectivity index (χ4v) is 1.31. The van der Waals surface area contributed by atoms with Gasteiger partial charge in [-0.05, 0) is 13.0 Å². The Labute approximate surface area is 84.6 Å². The zero-order valence-electron chi connectivity index (χ0n) is 7.28. The lowest BCUT2D eigenvalue weighted by Crippen LogP contribution is -2.01. The summed E-state index contributed by atoms with van der Waals surface area (Å²) in [5.41, 5.74) is 5.12. The van der Waals surface area contributed by atoms with Crippen molar-refractivity contribution < 1.29 is 9.72 Å². The Morgan fingerprint density at radius 1 is 1.57 bits per heavy atom. The summed E-state index contributed by atoms with van der Waals surface area (Å²) in [6, 6.07) is 2.46.